The molecule has 0 aliphatic carbocycles. The van der Waals surface area contributed by atoms with Crippen LogP contribution in [0.2, 0.25) is 0 Å². The number of hydrogen-bond acceptors (Lipinski definition) is 6. The highest BCUT2D eigenvalue weighted by Crippen LogP contribution is 2.22. The van der Waals surface area contributed by atoms with Gasteiger partial charge in [-0.1, -0.05) is 0 Å². The number of fused-ring (bicyclic) bond motifs is 1. The highest BCUT2D eigenvalue weighted by molar-refractivity contribution is 5.78. The van der Waals surface area contributed by atoms with Gasteiger partial charge in [-0.25, -0.2) is 19.9 Å². The second kappa shape index (κ2) is 6.79. The van der Waals surface area contributed by atoms with Crippen molar-refractivity contribution >= 4 is 22.7 Å². The Morgan fingerprint density at radius 2 is 1.81 bits per heavy atom. The number of anilines is 2. The van der Waals surface area contributed by atoms with Crippen molar-refractivity contribution in [3.8, 4) is 11.4 Å². The molecule has 4 aromatic heterocycles. The third-order valence-corrected chi connectivity index (χ3v) is 4.32. The van der Waals surface area contributed by atoms with Gasteiger partial charge in [0.15, 0.2) is 5.82 Å². The molecule has 4 heterocycles. The fourth-order valence-electron chi connectivity index (χ4n) is 2.84. The van der Waals surface area contributed by atoms with Gasteiger partial charge >= 0.3 is 0 Å². The molecule has 0 aliphatic heterocycles. The predicted octanol–water partition coefficient (Wildman–Crippen LogP) is 3.99. The number of pyridine rings is 1. The summed E-state index contributed by atoms with van der Waals surface area (Å²) >= 11 is 0. The van der Waals surface area contributed by atoms with Gasteiger partial charge in [0.2, 0.25) is 0 Å². The Morgan fingerprint density at radius 1 is 0.963 bits per heavy atom. The molecule has 4 rings (SSSR count). The van der Waals surface area contributed by atoms with Crippen LogP contribution in [0, 0.1) is 0 Å². The minimum atomic E-state index is 0.293. The largest absolute Gasteiger partial charge is 0.328 e. The summed E-state index contributed by atoms with van der Waals surface area (Å²) in [6.07, 6.45) is 9.08. The smallest absolute Gasteiger partial charge is 0.164 e. The molecule has 0 amide bonds. The molecule has 8 heteroatoms. The molecule has 0 spiro atoms. The first-order valence-electron chi connectivity index (χ1n) is 8.98. The van der Waals surface area contributed by atoms with E-state index in [2.05, 4.69) is 62.6 Å². The third-order valence-electron chi connectivity index (χ3n) is 4.32. The molecule has 8 nitrogen and oxygen atoms in total. The number of rotatable bonds is 5. The van der Waals surface area contributed by atoms with Crippen molar-refractivity contribution in [1.82, 2.24) is 34.3 Å². The molecule has 0 aliphatic rings. The molecular weight excluding hydrogens is 340 g/mol. The quantitative estimate of drug-likeness (QED) is 0.578. The van der Waals surface area contributed by atoms with Crippen LogP contribution in [0.25, 0.3) is 22.4 Å². The molecule has 0 radical (unpaired) electrons. The molecule has 138 valence electrons. The Balaban J connectivity index is 1.63. The van der Waals surface area contributed by atoms with E-state index in [4.69, 9.17) is 0 Å². The summed E-state index contributed by atoms with van der Waals surface area (Å²) in [5.74, 6) is 2.02. The Labute approximate surface area is 157 Å². The van der Waals surface area contributed by atoms with Gasteiger partial charge in [-0.2, -0.15) is 5.10 Å². The summed E-state index contributed by atoms with van der Waals surface area (Å²) < 4.78 is 4.01. The molecule has 4 aromatic rings. The summed E-state index contributed by atoms with van der Waals surface area (Å²) in [5.41, 5.74) is 2.79. The fourth-order valence-corrected chi connectivity index (χ4v) is 2.84. The van der Waals surface area contributed by atoms with Gasteiger partial charge in [0.1, 0.15) is 17.2 Å². The number of imidazole rings is 1. The van der Waals surface area contributed by atoms with E-state index in [1.807, 2.05) is 29.3 Å². The van der Waals surface area contributed by atoms with E-state index in [1.165, 1.54) is 0 Å². The van der Waals surface area contributed by atoms with E-state index in [-0.39, 0.29) is 0 Å². The summed E-state index contributed by atoms with van der Waals surface area (Å²) in [6, 6.07) is 4.43. The predicted molar refractivity (Wildman–Crippen MR) is 105 cm³/mol. The van der Waals surface area contributed by atoms with Gasteiger partial charge in [0, 0.05) is 30.5 Å². The van der Waals surface area contributed by atoms with Crippen LogP contribution < -0.4 is 5.32 Å². The van der Waals surface area contributed by atoms with Crippen molar-refractivity contribution in [3.63, 3.8) is 0 Å². The van der Waals surface area contributed by atoms with E-state index in [0.717, 1.165) is 16.6 Å². The van der Waals surface area contributed by atoms with Crippen molar-refractivity contribution in [2.75, 3.05) is 5.32 Å². The lowest BCUT2D eigenvalue weighted by Gasteiger charge is -2.09. The Kier molecular flexibility index (Phi) is 4.31. The molecule has 0 saturated heterocycles. The lowest BCUT2D eigenvalue weighted by Crippen LogP contribution is -2.01. The number of aromatic nitrogens is 7. The molecule has 0 unspecified atom stereocenters. The van der Waals surface area contributed by atoms with Crippen LogP contribution in [-0.2, 0) is 0 Å². The van der Waals surface area contributed by atoms with Crippen LogP contribution >= 0.6 is 0 Å². The molecule has 0 aromatic carbocycles. The van der Waals surface area contributed by atoms with E-state index < -0.39 is 0 Å². The van der Waals surface area contributed by atoms with Crippen molar-refractivity contribution in [1.29, 1.82) is 0 Å². The van der Waals surface area contributed by atoms with Crippen molar-refractivity contribution < 1.29 is 0 Å². The second-order valence-corrected chi connectivity index (χ2v) is 7.00. The van der Waals surface area contributed by atoms with Crippen LogP contribution in [0.3, 0.4) is 0 Å². The lowest BCUT2D eigenvalue weighted by atomic mass is 10.3. The van der Waals surface area contributed by atoms with Crippen LogP contribution in [0.15, 0.2) is 43.2 Å². The van der Waals surface area contributed by atoms with Gasteiger partial charge in [-0.15, -0.1) is 0 Å². The zero-order chi connectivity index (χ0) is 19.0. The third kappa shape index (κ3) is 3.38. The van der Waals surface area contributed by atoms with Gasteiger partial charge < -0.3 is 9.88 Å². The van der Waals surface area contributed by atoms with E-state index >= 15 is 0 Å². The normalized spacial score (nSPS) is 11.6. The van der Waals surface area contributed by atoms with Crippen LogP contribution in [0.1, 0.15) is 39.8 Å². The number of nitrogens with zero attached hydrogens (tertiary/aromatic N) is 7. The first-order valence-corrected chi connectivity index (χ1v) is 8.98. The molecule has 0 fully saturated rings. The molecule has 1 N–H and O–H groups in total. The van der Waals surface area contributed by atoms with Gasteiger partial charge in [0.05, 0.1) is 29.8 Å². The van der Waals surface area contributed by atoms with Crippen molar-refractivity contribution in [2.24, 2.45) is 0 Å². The van der Waals surface area contributed by atoms with Crippen LogP contribution in [-0.4, -0.2) is 34.3 Å². The zero-order valence-electron chi connectivity index (χ0n) is 15.8. The number of hydrogen-bond donors (Lipinski definition) is 1. The topological polar surface area (TPSA) is 86.3 Å². The maximum Gasteiger partial charge on any atom is 0.164 e. The monoisotopic (exact) mass is 362 g/mol. The fraction of sp³-hybridized carbons (Fsp3) is 0.316. The highest BCUT2D eigenvalue weighted by atomic mass is 15.3. The van der Waals surface area contributed by atoms with Gasteiger partial charge in [-0.3, -0.25) is 4.68 Å². The molecular formula is C19H22N8. The summed E-state index contributed by atoms with van der Waals surface area (Å²) in [5, 5.41) is 7.62. The van der Waals surface area contributed by atoms with Crippen LogP contribution in [0.4, 0.5) is 11.6 Å². The summed E-state index contributed by atoms with van der Waals surface area (Å²) in [4.78, 5) is 17.8. The lowest BCUT2D eigenvalue weighted by molar-refractivity contribution is 0.532. The van der Waals surface area contributed by atoms with Gasteiger partial charge in [0.25, 0.3) is 0 Å². The Morgan fingerprint density at radius 3 is 2.56 bits per heavy atom. The maximum atomic E-state index is 4.60. The van der Waals surface area contributed by atoms with Crippen molar-refractivity contribution in [2.45, 2.75) is 39.8 Å². The Hall–Kier alpha value is -3.29. The maximum absolute atomic E-state index is 4.60. The molecule has 0 atom stereocenters. The molecule has 27 heavy (non-hydrogen) atoms. The highest BCUT2D eigenvalue weighted by Gasteiger charge is 2.10. The standard InChI is InChI=1S/C19H22N8/c1-12(2)26-11-22-15-9-21-18(7-16(15)26)24-17-5-6-20-19(25-17)14-8-23-27(10-14)13(3)4/h5-13H,1-4H3,(H,20,21,24,25). The van der Waals surface area contributed by atoms with E-state index in [0.29, 0.717) is 29.5 Å². The van der Waals surface area contributed by atoms with Crippen molar-refractivity contribution in [3.05, 3.63) is 43.2 Å². The first-order chi connectivity index (χ1) is 13.0. The molecule has 0 bridgehead atoms. The average Bonchev–Trinajstić information content (AvgIpc) is 3.29. The molecule has 0 saturated carbocycles. The first kappa shape index (κ1) is 17.1. The number of nitrogens with one attached hydrogen (secondary N) is 1. The van der Waals surface area contributed by atoms with Crippen LogP contribution in [0.5, 0.6) is 0 Å². The zero-order valence-corrected chi connectivity index (χ0v) is 15.8. The van der Waals surface area contributed by atoms with Gasteiger partial charge in [-0.05, 0) is 33.8 Å². The Bertz CT molecular complexity index is 1080. The minimum absolute atomic E-state index is 0.293. The average molecular weight is 362 g/mol. The SMILES string of the molecule is CC(C)n1cc(-c2nccc(Nc3cc4c(cn3)ncn4C(C)C)n2)cn1. The van der Waals surface area contributed by atoms with E-state index in [9.17, 15) is 0 Å². The summed E-state index contributed by atoms with van der Waals surface area (Å²) in [6.45, 7) is 8.42. The summed E-state index contributed by atoms with van der Waals surface area (Å²) in [7, 11) is 0. The minimum Gasteiger partial charge on any atom is -0.328 e. The second-order valence-electron chi connectivity index (χ2n) is 7.00. The van der Waals surface area contributed by atoms with E-state index in [1.54, 1.807) is 18.6 Å².